The summed E-state index contributed by atoms with van der Waals surface area (Å²) in [5, 5.41) is 9.19. The van der Waals surface area contributed by atoms with Crippen LogP contribution in [0.15, 0.2) is 12.2 Å². The summed E-state index contributed by atoms with van der Waals surface area (Å²) in [6, 6.07) is 0. The van der Waals surface area contributed by atoms with Crippen molar-refractivity contribution in [2.75, 3.05) is 13.1 Å². The lowest BCUT2D eigenvalue weighted by Gasteiger charge is -2.24. The van der Waals surface area contributed by atoms with Crippen molar-refractivity contribution in [3.8, 4) is 0 Å². The van der Waals surface area contributed by atoms with Crippen molar-refractivity contribution >= 4 is 11.9 Å². The minimum Gasteiger partial charge on any atom is -0.481 e. The SMILES string of the molecule is CCCCCCCCCCC=CC(CC(=O)O)C(=O)N(CC)CCCCCC. The smallest absolute Gasteiger partial charge is 0.304 e. The summed E-state index contributed by atoms with van der Waals surface area (Å²) in [4.78, 5) is 25.8. The Morgan fingerprint density at radius 3 is 1.89 bits per heavy atom. The summed E-state index contributed by atoms with van der Waals surface area (Å²) in [5.74, 6) is -1.47. The third kappa shape index (κ3) is 14.7. The molecule has 1 unspecified atom stereocenters. The topological polar surface area (TPSA) is 57.6 Å². The maximum atomic E-state index is 12.8. The fraction of sp³-hybridized carbons (Fsp3) is 0.833. The number of amides is 1. The van der Waals surface area contributed by atoms with Gasteiger partial charge >= 0.3 is 5.97 Å². The Balaban J connectivity index is 4.30. The first kappa shape index (κ1) is 26.7. The van der Waals surface area contributed by atoms with Crippen LogP contribution in [0.5, 0.6) is 0 Å². The maximum Gasteiger partial charge on any atom is 0.304 e. The molecule has 0 aromatic heterocycles. The highest BCUT2D eigenvalue weighted by molar-refractivity contribution is 5.84. The Kier molecular flexibility index (Phi) is 18.1. The van der Waals surface area contributed by atoms with E-state index in [4.69, 9.17) is 0 Å². The van der Waals surface area contributed by atoms with Crippen LogP contribution in [-0.2, 0) is 9.59 Å². The molecular weight excluding hydrogens is 350 g/mol. The van der Waals surface area contributed by atoms with E-state index >= 15 is 0 Å². The van der Waals surface area contributed by atoms with E-state index in [9.17, 15) is 14.7 Å². The van der Waals surface area contributed by atoms with Gasteiger partial charge < -0.3 is 10.0 Å². The van der Waals surface area contributed by atoms with E-state index in [1.807, 2.05) is 24.0 Å². The molecule has 0 heterocycles. The van der Waals surface area contributed by atoms with Gasteiger partial charge in [-0.2, -0.15) is 0 Å². The lowest BCUT2D eigenvalue weighted by atomic mass is 10.0. The molecule has 0 bridgehead atoms. The third-order valence-electron chi connectivity index (χ3n) is 5.28. The van der Waals surface area contributed by atoms with Gasteiger partial charge in [-0.05, 0) is 26.2 Å². The van der Waals surface area contributed by atoms with Crippen molar-refractivity contribution in [1.29, 1.82) is 0 Å². The van der Waals surface area contributed by atoms with E-state index in [-0.39, 0.29) is 12.3 Å². The van der Waals surface area contributed by atoms with Gasteiger partial charge in [-0.15, -0.1) is 0 Å². The number of hydrogen-bond donors (Lipinski definition) is 1. The average Bonchev–Trinajstić information content (AvgIpc) is 2.68. The molecule has 0 aliphatic heterocycles. The van der Waals surface area contributed by atoms with Gasteiger partial charge in [0.1, 0.15) is 0 Å². The van der Waals surface area contributed by atoms with E-state index in [1.165, 1.54) is 57.8 Å². The fourth-order valence-electron chi connectivity index (χ4n) is 3.47. The van der Waals surface area contributed by atoms with E-state index < -0.39 is 11.9 Å². The van der Waals surface area contributed by atoms with Gasteiger partial charge in [0.2, 0.25) is 5.91 Å². The van der Waals surface area contributed by atoms with Gasteiger partial charge in [0.25, 0.3) is 0 Å². The molecule has 28 heavy (non-hydrogen) atoms. The van der Waals surface area contributed by atoms with Crippen LogP contribution in [0.4, 0.5) is 0 Å². The number of carbonyl (C=O) groups is 2. The number of unbranched alkanes of at least 4 members (excludes halogenated alkanes) is 11. The molecular formula is C24H45NO3. The maximum absolute atomic E-state index is 12.8. The number of allylic oxidation sites excluding steroid dienone is 1. The second kappa shape index (κ2) is 19.0. The van der Waals surface area contributed by atoms with Gasteiger partial charge in [-0.3, -0.25) is 9.59 Å². The van der Waals surface area contributed by atoms with Crippen molar-refractivity contribution in [2.45, 2.75) is 111 Å². The van der Waals surface area contributed by atoms with Crippen LogP contribution in [0.3, 0.4) is 0 Å². The van der Waals surface area contributed by atoms with Crippen molar-refractivity contribution in [1.82, 2.24) is 4.90 Å². The van der Waals surface area contributed by atoms with Gasteiger partial charge in [0.05, 0.1) is 12.3 Å². The molecule has 0 radical (unpaired) electrons. The first-order chi connectivity index (χ1) is 13.6. The molecule has 0 spiro atoms. The van der Waals surface area contributed by atoms with Crippen molar-refractivity contribution in [3.63, 3.8) is 0 Å². The molecule has 0 aromatic rings. The first-order valence-electron chi connectivity index (χ1n) is 11.7. The highest BCUT2D eigenvalue weighted by Crippen LogP contribution is 2.14. The third-order valence-corrected chi connectivity index (χ3v) is 5.28. The zero-order valence-electron chi connectivity index (χ0n) is 18.8. The second-order valence-electron chi connectivity index (χ2n) is 7.87. The normalized spacial score (nSPS) is 12.4. The standard InChI is InChI=1S/C24H45NO3/c1-4-7-9-11-12-13-14-15-16-17-19-22(21-23(26)27)24(28)25(6-3)20-18-10-8-5-2/h17,19,22H,4-16,18,20-21H2,1-3H3,(H,26,27). The van der Waals surface area contributed by atoms with Crippen LogP contribution >= 0.6 is 0 Å². The van der Waals surface area contributed by atoms with Crippen molar-refractivity contribution in [3.05, 3.63) is 12.2 Å². The highest BCUT2D eigenvalue weighted by atomic mass is 16.4. The minimum atomic E-state index is -0.905. The Labute approximate surface area is 173 Å². The molecule has 0 rings (SSSR count). The highest BCUT2D eigenvalue weighted by Gasteiger charge is 2.23. The molecule has 1 amide bonds. The molecule has 1 atom stereocenters. The fourth-order valence-corrected chi connectivity index (χ4v) is 3.47. The summed E-state index contributed by atoms with van der Waals surface area (Å²) < 4.78 is 0. The van der Waals surface area contributed by atoms with Crippen molar-refractivity contribution in [2.24, 2.45) is 5.92 Å². The monoisotopic (exact) mass is 395 g/mol. The van der Waals surface area contributed by atoms with E-state index in [1.54, 1.807) is 0 Å². The van der Waals surface area contributed by atoms with Crippen LogP contribution < -0.4 is 0 Å². The summed E-state index contributed by atoms with van der Waals surface area (Å²) >= 11 is 0. The van der Waals surface area contributed by atoms with Gasteiger partial charge in [0.15, 0.2) is 0 Å². The Bertz CT molecular complexity index is 420. The quantitative estimate of drug-likeness (QED) is 0.198. The average molecular weight is 396 g/mol. The lowest BCUT2D eigenvalue weighted by molar-refractivity contribution is -0.143. The van der Waals surface area contributed by atoms with Crippen LogP contribution in [0.2, 0.25) is 0 Å². The predicted octanol–water partition coefficient (Wildman–Crippen LogP) is 6.59. The van der Waals surface area contributed by atoms with E-state index in [2.05, 4.69) is 13.8 Å². The molecule has 0 saturated carbocycles. The number of aliphatic carboxylic acids is 1. The predicted molar refractivity (Wildman–Crippen MR) is 119 cm³/mol. The molecule has 4 heteroatoms. The van der Waals surface area contributed by atoms with Gasteiger partial charge in [-0.1, -0.05) is 90.2 Å². The number of carbonyl (C=O) groups excluding carboxylic acids is 1. The number of hydrogen-bond acceptors (Lipinski definition) is 2. The largest absolute Gasteiger partial charge is 0.481 e. The number of nitrogens with zero attached hydrogens (tertiary/aromatic N) is 1. The number of carboxylic acid groups (broad SMARTS) is 1. The summed E-state index contributed by atoms with van der Waals surface area (Å²) in [6.45, 7) is 7.76. The van der Waals surface area contributed by atoms with E-state index in [0.29, 0.717) is 6.54 Å². The molecule has 0 aliphatic rings. The van der Waals surface area contributed by atoms with Gasteiger partial charge in [-0.25, -0.2) is 0 Å². The van der Waals surface area contributed by atoms with E-state index in [0.717, 1.165) is 32.2 Å². The molecule has 164 valence electrons. The zero-order valence-corrected chi connectivity index (χ0v) is 18.8. The van der Waals surface area contributed by atoms with Crippen LogP contribution in [-0.4, -0.2) is 35.0 Å². The molecule has 0 fully saturated rings. The Morgan fingerprint density at radius 1 is 0.821 bits per heavy atom. The number of rotatable bonds is 19. The lowest BCUT2D eigenvalue weighted by Crippen LogP contribution is -2.37. The van der Waals surface area contributed by atoms with Crippen LogP contribution in [0.25, 0.3) is 0 Å². The summed E-state index contributed by atoms with van der Waals surface area (Å²) in [5.41, 5.74) is 0. The molecule has 0 saturated heterocycles. The summed E-state index contributed by atoms with van der Waals surface area (Å²) in [7, 11) is 0. The number of carboxylic acids is 1. The van der Waals surface area contributed by atoms with Gasteiger partial charge in [0, 0.05) is 13.1 Å². The minimum absolute atomic E-state index is 0.0337. The molecule has 4 nitrogen and oxygen atoms in total. The Morgan fingerprint density at radius 2 is 1.36 bits per heavy atom. The van der Waals surface area contributed by atoms with Crippen LogP contribution in [0.1, 0.15) is 111 Å². The first-order valence-corrected chi connectivity index (χ1v) is 11.7. The molecule has 0 aliphatic carbocycles. The van der Waals surface area contributed by atoms with Crippen molar-refractivity contribution < 1.29 is 14.7 Å². The summed E-state index contributed by atoms with van der Waals surface area (Å²) in [6.07, 6.45) is 19.4. The second-order valence-corrected chi connectivity index (χ2v) is 7.87. The molecule has 0 aromatic carbocycles. The van der Waals surface area contributed by atoms with Crippen LogP contribution in [0, 0.1) is 5.92 Å². The molecule has 1 N–H and O–H groups in total. The zero-order chi connectivity index (χ0) is 21.0. The Hall–Kier alpha value is -1.32.